The molecule has 1 aromatic heterocycles. The Bertz CT molecular complexity index is 811. The average Bonchev–Trinajstić information content (AvgIpc) is 2.80. The fraction of sp³-hybridized carbons (Fsp3) is 0.458. The summed E-state index contributed by atoms with van der Waals surface area (Å²) < 4.78 is 0. The molecule has 6 heteroatoms. The molecule has 1 fully saturated rings. The van der Waals surface area contributed by atoms with E-state index in [1.165, 1.54) is 5.56 Å². The highest BCUT2D eigenvalue weighted by molar-refractivity contribution is 5.94. The summed E-state index contributed by atoms with van der Waals surface area (Å²) in [4.78, 5) is 33.5. The van der Waals surface area contributed by atoms with Crippen molar-refractivity contribution in [2.45, 2.75) is 33.1 Å². The van der Waals surface area contributed by atoms with E-state index in [1.54, 1.807) is 6.20 Å². The van der Waals surface area contributed by atoms with Crippen molar-refractivity contribution in [2.24, 2.45) is 5.92 Å². The van der Waals surface area contributed by atoms with E-state index in [-0.39, 0.29) is 17.7 Å². The maximum Gasteiger partial charge on any atom is 0.252 e. The summed E-state index contributed by atoms with van der Waals surface area (Å²) in [6.07, 6.45) is 4.23. The number of hydrogen-bond donors (Lipinski definition) is 1. The number of amides is 2. The minimum atomic E-state index is -0.106. The molecule has 0 saturated carbocycles. The van der Waals surface area contributed by atoms with Crippen LogP contribution in [0.25, 0.3) is 0 Å². The Morgan fingerprint density at radius 2 is 1.70 bits per heavy atom. The smallest absolute Gasteiger partial charge is 0.252 e. The quantitative estimate of drug-likeness (QED) is 0.729. The van der Waals surface area contributed by atoms with Crippen LogP contribution in [0.5, 0.6) is 0 Å². The van der Waals surface area contributed by atoms with Crippen LogP contribution in [-0.4, -0.2) is 54.4 Å². The Morgan fingerprint density at radius 3 is 2.30 bits per heavy atom. The van der Waals surface area contributed by atoms with Crippen molar-refractivity contribution in [1.82, 2.24) is 15.2 Å². The Balaban J connectivity index is 1.47. The van der Waals surface area contributed by atoms with Gasteiger partial charge < -0.3 is 15.1 Å². The van der Waals surface area contributed by atoms with Crippen molar-refractivity contribution in [1.29, 1.82) is 0 Å². The molecule has 1 saturated heterocycles. The summed E-state index contributed by atoms with van der Waals surface area (Å²) in [7, 11) is 0. The number of benzene rings is 1. The van der Waals surface area contributed by atoms with Gasteiger partial charge in [-0.2, -0.15) is 0 Å². The topological polar surface area (TPSA) is 65.5 Å². The molecule has 2 amide bonds. The van der Waals surface area contributed by atoms with Crippen LogP contribution >= 0.6 is 0 Å². The van der Waals surface area contributed by atoms with E-state index in [0.717, 1.165) is 51.3 Å². The van der Waals surface area contributed by atoms with E-state index >= 15 is 0 Å². The first-order chi connectivity index (χ1) is 14.6. The molecule has 0 bridgehead atoms. The Labute approximate surface area is 179 Å². The number of carbonyl (C=O) groups excluding carboxylic acids is 2. The lowest BCUT2D eigenvalue weighted by molar-refractivity contribution is -0.136. The zero-order valence-corrected chi connectivity index (χ0v) is 18.0. The van der Waals surface area contributed by atoms with Crippen molar-refractivity contribution in [3.8, 4) is 0 Å². The molecule has 1 aliphatic rings. The normalized spacial score (nSPS) is 14.1. The van der Waals surface area contributed by atoms with E-state index in [2.05, 4.69) is 41.2 Å². The molecule has 6 nitrogen and oxygen atoms in total. The van der Waals surface area contributed by atoms with E-state index in [0.29, 0.717) is 12.1 Å². The van der Waals surface area contributed by atoms with Gasteiger partial charge in [-0.05, 0) is 37.0 Å². The first-order valence-electron chi connectivity index (χ1n) is 10.9. The van der Waals surface area contributed by atoms with E-state index in [4.69, 9.17) is 0 Å². The number of carbonyl (C=O) groups is 2. The van der Waals surface area contributed by atoms with Crippen LogP contribution in [0.1, 0.15) is 42.6 Å². The molecule has 1 aromatic carbocycles. The van der Waals surface area contributed by atoms with Crippen molar-refractivity contribution in [3.63, 3.8) is 0 Å². The van der Waals surface area contributed by atoms with Gasteiger partial charge in [-0.25, -0.2) is 4.98 Å². The van der Waals surface area contributed by atoms with Crippen molar-refractivity contribution < 1.29 is 9.59 Å². The number of nitrogens with one attached hydrogen (secondary N) is 1. The Kier molecular flexibility index (Phi) is 7.82. The summed E-state index contributed by atoms with van der Waals surface area (Å²) >= 11 is 0. The monoisotopic (exact) mass is 408 g/mol. The largest absolute Gasteiger partial charge is 0.353 e. The molecular weight excluding hydrogens is 376 g/mol. The van der Waals surface area contributed by atoms with Crippen molar-refractivity contribution >= 4 is 17.6 Å². The van der Waals surface area contributed by atoms with Crippen LogP contribution in [0.3, 0.4) is 0 Å². The number of nitrogens with zero attached hydrogens (tertiary/aromatic N) is 3. The maximum absolute atomic E-state index is 12.5. The molecule has 0 atom stereocenters. The molecule has 1 aliphatic heterocycles. The second-order valence-corrected chi connectivity index (χ2v) is 7.72. The minimum Gasteiger partial charge on any atom is -0.353 e. The molecule has 2 heterocycles. The highest BCUT2D eigenvalue weighted by Crippen LogP contribution is 2.17. The number of anilines is 1. The second-order valence-electron chi connectivity index (χ2n) is 7.72. The first-order valence-corrected chi connectivity index (χ1v) is 10.9. The molecule has 0 aliphatic carbocycles. The Hall–Kier alpha value is -2.89. The SMILES string of the molecule is CCC(CC)C(=O)N1CCN(c2ccc(C(=O)NCCc3ccccc3)cn2)CC1. The fourth-order valence-electron chi connectivity index (χ4n) is 3.83. The molecule has 2 aromatic rings. The van der Waals surface area contributed by atoms with Gasteiger partial charge in [-0.1, -0.05) is 44.2 Å². The van der Waals surface area contributed by atoms with Gasteiger partial charge in [-0.3, -0.25) is 9.59 Å². The predicted molar refractivity (Wildman–Crippen MR) is 120 cm³/mol. The molecule has 3 rings (SSSR count). The summed E-state index contributed by atoms with van der Waals surface area (Å²) in [6, 6.07) is 13.8. The second kappa shape index (κ2) is 10.8. The van der Waals surface area contributed by atoms with Crippen LogP contribution < -0.4 is 10.2 Å². The zero-order valence-electron chi connectivity index (χ0n) is 18.0. The molecule has 0 unspecified atom stereocenters. The summed E-state index contributed by atoms with van der Waals surface area (Å²) in [5.41, 5.74) is 1.77. The molecule has 0 spiro atoms. The molecule has 1 N–H and O–H groups in total. The molecule has 0 radical (unpaired) electrons. The van der Waals surface area contributed by atoms with Crippen molar-refractivity contribution in [3.05, 3.63) is 59.8 Å². The predicted octanol–water partition coefficient (Wildman–Crippen LogP) is 3.14. The lowest BCUT2D eigenvalue weighted by Gasteiger charge is -2.36. The average molecular weight is 409 g/mol. The van der Waals surface area contributed by atoms with Gasteiger partial charge >= 0.3 is 0 Å². The highest BCUT2D eigenvalue weighted by atomic mass is 16.2. The number of pyridine rings is 1. The Morgan fingerprint density at radius 1 is 1.00 bits per heavy atom. The molecule has 160 valence electrons. The molecule has 30 heavy (non-hydrogen) atoms. The van der Waals surface area contributed by atoms with Crippen LogP contribution in [0.2, 0.25) is 0 Å². The van der Waals surface area contributed by atoms with Gasteiger partial charge in [0.1, 0.15) is 5.82 Å². The third kappa shape index (κ3) is 5.59. The van der Waals surface area contributed by atoms with Gasteiger partial charge in [0.25, 0.3) is 5.91 Å². The van der Waals surface area contributed by atoms with Crippen LogP contribution in [-0.2, 0) is 11.2 Å². The maximum atomic E-state index is 12.5. The van der Waals surface area contributed by atoms with Crippen LogP contribution in [0.4, 0.5) is 5.82 Å². The number of hydrogen-bond acceptors (Lipinski definition) is 4. The first kappa shape index (κ1) is 21.8. The van der Waals surface area contributed by atoms with Crippen LogP contribution in [0.15, 0.2) is 48.7 Å². The van der Waals surface area contributed by atoms with E-state index < -0.39 is 0 Å². The summed E-state index contributed by atoms with van der Waals surface area (Å²) in [5.74, 6) is 1.15. The standard InChI is InChI=1S/C24H32N4O2/c1-3-20(4-2)24(30)28-16-14-27(15-17-28)22-11-10-21(18-26-22)23(29)25-13-12-19-8-6-5-7-9-19/h5-11,18,20H,3-4,12-17H2,1-2H3,(H,25,29). The molecular formula is C24H32N4O2. The third-order valence-corrected chi connectivity index (χ3v) is 5.80. The van der Waals surface area contributed by atoms with Crippen LogP contribution in [0, 0.1) is 5.92 Å². The van der Waals surface area contributed by atoms with Gasteiger partial charge in [0.2, 0.25) is 5.91 Å². The van der Waals surface area contributed by atoms with Gasteiger partial charge in [-0.15, -0.1) is 0 Å². The van der Waals surface area contributed by atoms with Gasteiger partial charge in [0.15, 0.2) is 0 Å². The van der Waals surface area contributed by atoms with Gasteiger partial charge in [0.05, 0.1) is 5.56 Å². The van der Waals surface area contributed by atoms with Gasteiger partial charge in [0, 0.05) is 44.8 Å². The third-order valence-electron chi connectivity index (χ3n) is 5.80. The number of rotatable bonds is 8. The number of piperazine rings is 1. The lowest BCUT2D eigenvalue weighted by Crippen LogP contribution is -2.50. The van der Waals surface area contributed by atoms with E-state index in [1.807, 2.05) is 35.2 Å². The summed E-state index contributed by atoms with van der Waals surface area (Å²) in [5, 5.41) is 2.95. The highest BCUT2D eigenvalue weighted by Gasteiger charge is 2.25. The number of aromatic nitrogens is 1. The van der Waals surface area contributed by atoms with Crippen molar-refractivity contribution in [2.75, 3.05) is 37.6 Å². The summed E-state index contributed by atoms with van der Waals surface area (Å²) in [6.45, 7) is 7.72. The minimum absolute atomic E-state index is 0.106. The zero-order chi connectivity index (χ0) is 21.3. The van der Waals surface area contributed by atoms with E-state index in [9.17, 15) is 9.59 Å². The lowest BCUT2D eigenvalue weighted by atomic mass is 10.0. The fourth-order valence-corrected chi connectivity index (χ4v) is 3.83.